The molecule has 10 nitrogen and oxygen atoms in total. The summed E-state index contributed by atoms with van der Waals surface area (Å²) in [4.78, 5) is 1.37. The summed E-state index contributed by atoms with van der Waals surface area (Å²) in [5.74, 6) is -0.326. The topological polar surface area (TPSA) is 131 Å². The largest absolute Gasteiger partial charge is 0.420 e. The van der Waals surface area contributed by atoms with Gasteiger partial charge in [-0.25, -0.2) is 16.8 Å². The molecule has 0 saturated carbocycles. The molecule has 12 heteroatoms. The van der Waals surface area contributed by atoms with E-state index in [1.165, 1.54) is 4.31 Å². The highest BCUT2D eigenvalue weighted by molar-refractivity contribution is 7.91. The number of nitrogens with two attached hydrogens (primary N) is 1. The first-order chi connectivity index (χ1) is 13.3. The Morgan fingerprint density at radius 1 is 1.11 bits per heavy atom. The minimum absolute atomic E-state index is 0.0583. The molecule has 1 saturated heterocycles. The smallest absolute Gasteiger partial charge is 0.361 e. The molecule has 0 aliphatic carbocycles. The highest BCUT2D eigenvalue weighted by Crippen LogP contribution is 2.18. The fourth-order valence-corrected chi connectivity index (χ4v) is 6.04. The zero-order valence-electron chi connectivity index (χ0n) is 15.6. The van der Waals surface area contributed by atoms with Crippen LogP contribution in [0.2, 0.25) is 0 Å². The Morgan fingerprint density at radius 2 is 1.75 bits per heavy atom. The van der Waals surface area contributed by atoms with Crippen LogP contribution in [0.3, 0.4) is 0 Å². The highest BCUT2D eigenvalue weighted by atomic mass is 32.2. The van der Waals surface area contributed by atoms with E-state index in [0.29, 0.717) is 6.42 Å². The number of piperazine rings is 1. The first-order valence-corrected chi connectivity index (χ1v) is 12.1. The summed E-state index contributed by atoms with van der Waals surface area (Å²) in [6.07, 6.45) is 1.22. The number of hydrogen-bond acceptors (Lipinski definition) is 8. The number of unbranched alkanes of at least 4 members (excludes halogenated alkanes) is 1. The summed E-state index contributed by atoms with van der Waals surface area (Å²) in [6, 6.07) is 8.19. The van der Waals surface area contributed by atoms with Crippen molar-refractivity contribution in [2.24, 2.45) is 0 Å². The Bertz CT molecular complexity index is 1010. The van der Waals surface area contributed by atoms with Gasteiger partial charge in [-0.1, -0.05) is 31.5 Å². The highest BCUT2D eigenvalue weighted by Gasteiger charge is 2.41. The van der Waals surface area contributed by atoms with Crippen molar-refractivity contribution in [2.75, 3.05) is 42.7 Å². The summed E-state index contributed by atoms with van der Waals surface area (Å²) >= 11 is 0. The zero-order chi connectivity index (χ0) is 20.4. The molecule has 0 radical (unpaired) electrons. The van der Waals surface area contributed by atoms with Gasteiger partial charge in [0.15, 0.2) is 0 Å². The van der Waals surface area contributed by atoms with Crippen LogP contribution in [0.15, 0.2) is 44.8 Å². The summed E-state index contributed by atoms with van der Waals surface area (Å²) < 4.78 is 57.0. The van der Waals surface area contributed by atoms with Gasteiger partial charge < -0.3 is 5.73 Å². The molecule has 0 atom stereocenters. The van der Waals surface area contributed by atoms with Crippen LogP contribution < -0.4 is 15.5 Å². The number of nitrogens with zero attached hydrogens (tertiary/aromatic N) is 4. The molecular formula is C16H24N5O5S2+. The maximum atomic E-state index is 12.7. The molecule has 1 aliphatic heterocycles. The van der Waals surface area contributed by atoms with Crippen LogP contribution in [0.4, 0.5) is 5.88 Å². The molecule has 0 amide bonds. The lowest BCUT2D eigenvalue weighted by Crippen LogP contribution is -2.67. The van der Waals surface area contributed by atoms with Gasteiger partial charge in [0.25, 0.3) is 0 Å². The van der Waals surface area contributed by atoms with Crippen molar-refractivity contribution in [3.05, 3.63) is 30.3 Å². The van der Waals surface area contributed by atoms with Crippen molar-refractivity contribution >= 4 is 25.7 Å². The Morgan fingerprint density at radius 3 is 2.36 bits per heavy atom. The third-order valence-corrected chi connectivity index (χ3v) is 8.23. The van der Waals surface area contributed by atoms with E-state index < -0.39 is 19.9 Å². The molecule has 0 unspecified atom stereocenters. The fourth-order valence-electron chi connectivity index (χ4n) is 2.99. The average Bonchev–Trinajstić information content (AvgIpc) is 3.09. The van der Waals surface area contributed by atoms with E-state index in [1.54, 1.807) is 35.3 Å². The lowest BCUT2D eigenvalue weighted by molar-refractivity contribution is -0.790. The number of nitrogen functional groups attached to an aromatic ring is 1. The molecule has 2 heterocycles. The van der Waals surface area contributed by atoms with E-state index in [0.717, 1.165) is 11.2 Å². The molecule has 2 aromatic rings. The SMILES string of the molecule is CCCCS(=O)(=O)c1c(N)on[n+]1N1CCN(S(=O)(=O)c2ccccc2)CC1. The lowest BCUT2D eigenvalue weighted by atomic mass is 10.4. The van der Waals surface area contributed by atoms with E-state index in [4.69, 9.17) is 10.3 Å². The first kappa shape index (κ1) is 20.6. The van der Waals surface area contributed by atoms with Gasteiger partial charge >= 0.3 is 10.9 Å². The second-order valence-electron chi connectivity index (χ2n) is 6.48. The lowest BCUT2D eigenvalue weighted by Gasteiger charge is -2.29. The number of hydrogen-bond donors (Lipinski definition) is 1. The second kappa shape index (κ2) is 8.05. The van der Waals surface area contributed by atoms with Crippen molar-refractivity contribution < 1.29 is 26.1 Å². The van der Waals surface area contributed by atoms with Crippen molar-refractivity contribution in [3.8, 4) is 0 Å². The van der Waals surface area contributed by atoms with E-state index in [1.807, 2.05) is 6.92 Å². The van der Waals surface area contributed by atoms with Gasteiger partial charge in [-0.2, -0.15) is 4.31 Å². The van der Waals surface area contributed by atoms with Crippen LogP contribution in [0.1, 0.15) is 19.8 Å². The number of anilines is 1. The van der Waals surface area contributed by atoms with E-state index in [9.17, 15) is 16.8 Å². The van der Waals surface area contributed by atoms with E-state index in [2.05, 4.69) is 5.27 Å². The fraction of sp³-hybridized carbons (Fsp3) is 0.500. The van der Waals surface area contributed by atoms with E-state index >= 15 is 0 Å². The van der Waals surface area contributed by atoms with Crippen LogP contribution >= 0.6 is 0 Å². The van der Waals surface area contributed by atoms with Gasteiger partial charge in [0.2, 0.25) is 25.1 Å². The van der Waals surface area contributed by atoms with Crippen molar-refractivity contribution in [3.63, 3.8) is 0 Å². The van der Waals surface area contributed by atoms with Crippen LogP contribution in [-0.2, 0) is 19.9 Å². The number of sulfone groups is 1. The first-order valence-electron chi connectivity index (χ1n) is 8.98. The second-order valence-corrected chi connectivity index (χ2v) is 10.4. The maximum Gasteiger partial charge on any atom is 0.420 e. The Kier molecular flexibility index (Phi) is 5.91. The van der Waals surface area contributed by atoms with Crippen molar-refractivity contribution in [1.82, 2.24) is 9.58 Å². The van der Waals surface area contributed by atoms with Gasteiger partial charge in [-0.05, 0) is 18.6 Å². The molecule has 3 rings (SSSR count). The van der Waals surface area contributed by atoms with Crippen LogP contribution in [-0.4, -0.2) is 58.3 Å². The van der Waals surface area contributed by atoms with Crippen molar-refractivity contribution in [2.45, 2.75) is 29.7 Å². The molecule has 0 spiro atoms. The predicted octanol–water partition coefficient (Wildman–Crippen LogP) is -0.239. The minimum atomic E-state index is -3.67. The molecule has 28 heavy (non-hydrogen) atoms. The maximum absolute atomic E-state index is 12.7. The number of sulfonamides is 1. The van der Waals surface area contributed by atoms with Gasteiger partial charge in [0, 0.05) is 13.1 Å². The minimum Gasteiger partial charge on any atom is -0.361 e. The van der Waals surface area contributed by atoms with Crippen LogP contribution in [0.25, 0.3) is 0 Å². The summed E-state index contributed by atoms with van der Waals surface area (Å²) in [6.45, 7) is 2.77. The number of aromatic nitrogens is 2. The van der Waals surface area contributed by atoms with Crippen molar-refractivity contribution in [1.29, 1.82) is 0 Å². The summed E-state index contributed by atoms with van der Waals surface area (Å²) in [5.41, 5.74) is 5.72. The van der Waals surface area contributed by atoms with Gasteiger partial charge in [0.05, 0.1) is 28.5 Å². The zero-order valence-corrected chi connectivity index (χ0v) is 17.2. The quantitative estimate of drug-likeness (QED) is 0.596. The van der Waals surface area contributed by atoms with Gasteiger partial charge in [-0.3, -0.25) is 4.52 Å². The molecule has 1 aromatic heterocycles. The standard InChI is InChI=1S/C16H24N5O5S2/c1-2-3-13-27(22,23)16-15(17)26-18-21(16)19-9-11-20(12-10-19)28(24,25)14-7-5-4-6-8-14/h4-8H,2-3,9-13,17H2,1H3/q+1. The number of rotatable bonds is 7. The molecule has 2 N–H and O–H groups in total. The van der Waals surface area contributed by atoms with Gasteiger partial charge in [-0.15, -0.1) is 5.01 Å². The third-order valence-electron chi connectivity index (χ3n) is 4.53. The summed E-state index contributed by atoms with van der Waals surface area (Å²) in [5, 5.41) is 5.20. The normalized spacial score (nSPS) is 16.4. The predicted molar refractivity (Wildman–Crippen MR) is 101 cm³/mol. The molecular weight excluding hydrogens is 406 g/mol. The average molecular weight is 431 g/mol. The van der Waals surface area contributed by atoms with E-state index in [-0.39, 0.29) is 47.7 Å². The Hall–Kier alpha value is -2.18. The molecule has 1 aliphatic rings. The molecule has 154 valence electrons. The Balaban J connectivity index is 1.78. The number of benzene rings is 1. The molecule has 1 aromatic carbocycles. The Labute approximate surface area is 164 Å². The van der Waals surface area contributed by atoms with Crippen LogP contribution in [0.5, 0.6) is 0 Å². The van der Waals surface area contributed by atoms with Gasteiger partial charge in [0.1, 0.15) is 0 Å². The third kappa shape index (κ3) is 3.98. The van der Waals surface area contributed by atoms with Crippen LogP contribution in [0, 0.1) is 0 Å². The molecule has 1 fully saturated rings. The molecule has 0 bridgehead atoms. The summed E-state index contributed by atoms with van der Waals surface area (Å²) in [7, 11) is -7.27. The monoisotopic (exact) mass is 430 g/mol.